The number of rotatable bonds is 5. The maximum atomic E-state index is 12.4. The van der Waals surface area contributed by atoms with Crippen molar-refractivity contribution in [2.75, 3.05) is 18.0 Å². The van der Waals surface area contributed by atoms with Crippen LogP contribution in [0.1, 0.15) is 29.0 Å². The maximum absolute atomic E-state index is 12.4. The van der Waals surface area contributed by atoms with E-state index in [0.717, 1.165) is 30.8 Å². The average molecular weight is 378 g/mol. The Morgan fingerprint density at radius 2 is 2.21 bits per heavy atom. The Bertz CT molecular complexity index is 943. The van der Waals surface area contributed by atoms with Crippen molar-refractivity contribution in [3.63, 3.8) is 0 Å². The second kappa shape index (κ2) is 8.18. The minimum absolute atomic E-state index is 0.187. The molecule has 1 aromatic carbocycles. The third-order valence-electron chi connectivity index (χ3n) is 4.72. The molecule has 0 spiro atoms. The van der Waals surface area contributed by atoms with Crippen molar-refractivity contribution in [3.05, 3.63) is 60.3 Å². The largest absolute Gasteiger partial charge is 0.391 e. The van der Waals surface area contributed by atoms with Gasteiger partial charge in [0.2, 0.25) is 0 Å². The van der Waals surface area contributed by atoms with Gasteiger partial charge in [-0.05, 0) is 31.0 Å². The van der Waals surface area contributed by atoms with Crippen molar-refractivity contribution in [1.29, 1.82) is 0 Å². The molecule has 1 fully saturated rings. The highest BCUT2D eigenvalue weighted by atomic mass is 16.3. The summed E-state index contributed by atoms with van der Waals surface area (Å²) in [5, 5.41) is 12.7. The van der Waals surface area contributed by atoms with Gasteiger partial charge in [0.25, 0.3) is 5.91 Å². The number of hydrogen-bond acceptors (Lipinski definition) is 6. The highest BCUT2D eigenvalue weighted by Crippen LogP contribution is 2.22. The number of hydrogen-bond donors (Lipinski definition) is 3. The Hall–Kier alpha value is -3.26. The number of aliphatic hydroxyl groups is 1. The van der Waals surface area contributed by atoms with Crippen molar-refractivity contribution in [1.82, 2.24) is 25.3 Å². The van der Waals surface area contributed by atoms with Crippen molar-refractivity contribution < 1.29 is 9.90 Å². The molecule has 1 amide bonds. The number of anilines is 1. The minimum atomic E-state index is -0.326. The highest BCUT2D eigenvalue weighted by Gasteiger charge is 2.19. The van der Waals surface area contributed by atoms with Gasteiger partial charge in [-0.15, -0.1) is 0 Å². The van der Waals surface area contributed by atoms with E-state index in [9.17, 15) is 9.90 Å². The van der Waals surface area contributed by atoms with Crippen molar-refractivity contribution in [2.24, 2.45) is 0 Å². The maximum Gasteiger partial charge on any atom is 0.251 e. The molecule has 0 saturated carbocycles. The minimum Gasteiger partial charge on any atom is -0.391 e. The topological polar surface area (TPSA) is 107 Å². The lowest BCUT2D eigenvalue weighted by Crippen LogP contribution is -2.38. The molecule has 1 unspecified atom stereocenters. The summed E-state index contributed by atoms with van der Waals surface area (Å²) in [4.78, 5) is 30.6. The fourth-order valence-corrected chi connectivity index (χ4v) is 3.29. The number of aromatic amines is 1. The van der Waals surface area contributed by atoms with Gasteiger partial charge in [0.05, 0.1) is 12.6 Å². The zero-order valence-corrected chi connectivity index (χ0v) is 15.4. The van der Waals surface area contributed by atoms with Gasteiger partial charge < -0.3 is 20.3 Å². The van der Waals surface area contributed by atoms with Gasteiger partial charge in [-0.2, -0.15) is 0 Å². The summed E-state index contributed by atoms with van der Waals surface area (Å²) in [6.07, 6.45) is 6.51. The summed E-state index contributed by atoms with van der Waals surface area (Å²) in [7, 11) is 0. The predicted octanol–water partition coefficient (Wildman–Crippen LogP) is 1.76. The molecule has 3 aromatic rings. The van der Waals surface area contributed by atoms with E-state index in [2.05, 4.69) is 30.2 Å². The second-order valence-corrected chi connectivity index (χ2v) is 6.78. The van der Waals surface area contributed by atoms with Crippen LogP contribution in [-0.2, 0) is 6.54 Å². The number of piperidine rings is 1. The van der Waals surface area contributed by atoms with Gasteiger partial charge in [0, 0.05) is 42.8 Å². The van der Waals surface area contributed by atoms with Gasteiger partial charge >= 0.3 is 0 Å². The number of nitrogens with one attached hydrogen (secondary N) is 2. The molecule has 0 aliphatic carbocycles. The normalized spacial score (nSPS) is 16.8. The standard InChI is InChI=1S/C20H22N6O2/c27-16-5-2-10-26(13-16)18-6-7-23-19(25-18)14-3-1-4-15(11-14)20(28)24-12-17-21-8-9-22-17/h1,3-4,6-9,11,16,27H,2,5,10,12-13H2,(H,21,22)(H,24,28). The van der Waals surface area contributed by atoms with Gasteiger partial charge in [0.15, 0.2) is 5.82 Å². The fourth-order valence-electron chi connectivity index (χ4n) is 3.29. The first-order valence-corrected chi connectivity index (χ1v) is 9.32. The molecule has 1 aliphatic rings. The van der Waals surface area contributed by atoms with E-state index < -0.39 is 0 Å². The first-order chi connectivity index (χ1) is 13.7. The van der Waals surface area contributed by atoms with Crippen LogP contribution < -0.4 is 10.2 Å². The van der Waals surface area contributed by atoms with E-state index in [1.807, 2.05) is 18.2 Å². The summed E-state index contributed by atoms with van der Waals surface area (Å²) in [5.74, 6) is 1.85. The van der Waals surface area contributed by atoms with Gasteiger partial charge in [-0.25, -0.2) is 15.0 Å². The Labute approximate surface area is 162 Å². The molecule has 4 rings (SSSR count). The zero-order chi connectivity index (χ0) is 19.3. The molecule has 144 valence electrons. The number of aromatic nitrogens is 4. The SMILES string of the molecule is O=C(NCc1ncc[nH]1)c1cccc(-c2nccc(N3CCCC(O)C3)n2)c1. The smallest absolute Gasteiger partial charge is 0.251 e. The Kier molecular flexibility index (Phi) is 5.29. The van der Waals surface area contributed by atoms with E-state index in [0.29, 0.717) is 30.3 Å². The third-order valence-corrected chi connectivity index (χ3v) is 4.72. The molecule has 1 atom stereocenters. The van der Waals surface area contributed by atoms with Gasteiger partial charge in [-0.3, -0.25) is 4.79 Å². The lowest BCUT2D eigenvalue weighted by Gasteiger charge is -2.31. The quantitative estimate of drug-likeness (QED) is 0.624. The molecular formula is C20H22N6O2. The summed E-state index contributed by atoms with van der Waals surface area (Å²) < 4.78 is 0. The molecule has 3 N–H and O–H groups in total. The molecule has 0 bridgehead atoms. The predicted molar refractivity (Wildman–Crippen MR) is 105 cm³/mol. The molecule has 1 saturated heterocycles. The number of carbonyl (C=O) groups is 1. The van der Waals surface area contributed by atoms with Crippen LogP contribution in [0.25, 0.3) is 11.4 Å². The Balaban J connectivity index is 1.51. The van der Waals surface area contributed by atoms with Crippen molar-refractivity contribution in [2.45, 2.75) is 25.5 Å². The molecule has 8 heteroatoms. The van der Waals surface area contributed by atoms with Crippen LogP contribution in [0.3, 0.4) is 0 Å². The fraction of sp³-hybridized carbons (Fsp3) is 0.300. The second-order valence-electron chi connectivity index (χ2n) is 6.78. The van der Waals surface area contributed by atoms with E-state index in [-0.39, 0.29) is 12.0 Å². The Morgan fingerprint density at radius 3 is 3.04 bits per heavy atom. The number of nitrogens with zero attached hydrogens (tertiary/aromatic N) is 4. The number of benzene rings is 1. The lowest BCUT2D eigenvalue weighted by molar-refractivity contribution is 0.0950. The highest BCUT2D eigenvalue weighted by molar-refractivity contribution is 5.95. The molecule has 3 heterocycles. The van der Waals surface area contributed by atoms with E-state index in [1.165, 1.54) is 0 Å². The average Bonchev–Trinajstić information content (AvgIpc) is 3.26. The number of aliphatic hydroxyl groups excluding tert-OH is 1. The summed E-state index contributed by atoms with van der Waals surface area (Å²) in [6.45, 7) is 1.77. The van der Waals surface area contributed by atoms with E-state index in [1.54, 1.807) is 30.7 Å². The summed E-state index contributed by atoms with van der Waals surface area (Å²) in [5.41, 5.74) is 1.30. The first-order valence-electron chi connectivity index (χ1n) is 9.32. The molecule has 28 heavy (non-hydrogen) atoms. The van der Waals surface area contributed by atoms with Gasteiger partial charge in [0.1, 0.15) is 11.6 Å². The number of amides is 1. The number of H-pyrrole nitrogens is 1. The van der Waals surface area contributed by atoms with Crippen LogP contribution in [-0.4, -0.2) is 50.1 Å². The van der Waals surface area contributed by atoms with Crippen LogP contribution in [0.2, 0.25) is 0 Å². The lowest BCUT2D eigenvalue weighted by atomic mass is 10.1. The van der Waals surface area contributed by atoms with Crippen LogP contribution >= 0.6 is 0 Å². The zero-order valence-electron chi connectivity index (χ0n) is 15.4. The molecular weight excluding hydrogens is 356 g/mol. The van der Waals surface area contributed by atoms with E-state index >= 15 is 0 Å². The number of carbonyl (C=O) groups excluding carboxylic acids is 1. The van der Waals surface area contributed by atoms with Crippen LogP contribution in [0, 0.1) is 0 Å². The molecule has 8 nitrogen and oxygen atoms in total. The molecule has 0 radical (unpaired) electrons. The summed E-state index contributed by atoms with van der Waals surface area (Å²) in [6, 6.07) is 9.08. The van der Waals surface area contributed by atoms with Crippen molar-refractivity contribution in [3.8, 4) is 11.4 Å². The van der Waals surface area contributed by atoms with Crippen LogP contribution in [0.15, 0.2) is 48.9 Å². The number of imidazole rings is 1. The van der Waals surface area contributed by atoms with Crippen LogP contribution in [0.4, 0.5) is 5.82 Å². The third kappa shape index (κ3) is 4.17. The monoisotopic (exact) mass is 378 g/mol. The van der Waals surface area contributed by atoms with Crippen molar-refractivity contribution >= 4 is 11.7 Å². The Morgan fingerprint density at radius 1 is 1.29 bits per heavy atom. The van der Waals surface area contributed by atoms with Gasteiger partial charge in [-0.1, -0.05) is 12.1 Å². The van der Waals surface area contributed by atoms with E-state index in [4.69, 9.17) is 0 Å². The number of β-amino-alcohol motifs (C(OH)–C–C–N with tert-alkyl or cyclic N) is 1. The summed E-state index contributed by atoms with van der Waals surface area (Å²) >= 11 is 0. The molecule has 1 aliphatic heterocycles. The van der Waals surface area contributed by atoms with Crippen LogP contribution in [0.5, 0.6) is 0 Å². The first kappa shape index (κ1) is 18.1. The molecule has 2 aromatic heterocycles.